The van der Waals surface area contributed by atoms with Gasteiger partial charge in [0, 0.05) is 19.1 Å². The number of aliphatic hydroxyl groups excluding tert-OH is 1. The minimum absolute atomic E-state index is 0.0544. The largest absolute Gasteiger partial charge is 0.392 e. The van der Waals surface area contributed by atoms with Crippen molar-refractivity contribution in [3.63, 3.8) is 0 Å². The summed E-state index contributed by atoms with van der Waals surface area (Å²) >= 11 is 0. The second kappa shape index (κ2) is 10.4. The summed E-state index contributed by atoms with van der Waals surface area (Å²) < 4.78 is 17.5. The van der Waals surface area contributed by atoms with E-state index in [4.69, 9.17) is 14.2 Å². The summed E-state index contributed by atoms with van der Waals surface area (Å²) in [5.74, 6) is 0.541. The first-order valence-electron chi connectivity index (χ1n) is 9.42. The van der Waals surface area contributed by atoms with E-state index in [1.165, 1.54) is 19.3 Å². The molecule has 2 aliphatic rings. The first-order valence-corrected chi connectivity index (χ1v) is 9.42. The van der Waals surface area contributed by atoms with Gasteiger partial charge in [0.15, 0.2) is 6.29 Å². The van der Waals surface area contributed by atoms with Gasteiger partial charge in [-0.1, -0.05) is 38.8 Å². The van der Waals surface area contributed by atoms with Crippen molar-refractivity contribution in [1.29, 1.82) is 0 Å². The number of aliphatic hydroxyl groups is 1. The molecule has 0 aromatic carbocycles. The predicted octanol–water partition coefficient (Wildman–Crippen LogP) is 3.68. The van der Waals surface area contributed by atoms with Crippen molar-refractivity contribution in [1.82, 2.24) is 0 Å². The first-order chi connectivity index (χ1) is 11.2. The summed E-state index contributed by atoms with van der Waals surface area (Å²) in [5.41, 5.74) is 0. The van der Waals surface area contributed by atoms with Crippen molar-refractivity contribution in [3.05, 3.63) is 12.2 Å². The fraction of sp³-hybridized carbons (Fsp3) is 0.895. The van der Waals surface area contributed by atoms with Gasteiger partial charge < -0.3 is 19.3 Å². The monoisotopic (exact) mass is 326 g/mol. The Bertz CT molecular complexity index is 338. The Morgan fingerprint density at radius 3 is 2.83 bits per heavy atom. The van der Waals surface area contributed by atoms with Crippen LogP contribution in [-0.2, 0) is 14.2 Å². The standard InChI is InChI=1S/C19H34O4/c1-3-4-7-15(2)18(23-19-8-5-6-12-22-19)10-9-16-14-21-13-11-17(16)20/h9-10,15-20H,3-8,11-14H2,1-2H3/t15?,16-,17-,18-,19?/m1/s1. The highest BCUT2D eigenvalue weighted by molar-refractivity contribution is 4.99. The summed E-state index contributed by atoms with van der Waals surface area (Å²) in [6.07, 6.45) is 11.5. The molecule has 0 aromatic rings. The van der Waals surface area contributed by atoms with E-state index in [0.29, 0.717) is 19.1 Å². The molecule has 1 N–H and O–H groups in total. The van der Waals surface area contributed by atoms with Crippen molar-refractivity contribution >= 4 is 0 Å². The topological polar surface area (TPSA) is 47.9 Å². The van der Waals surface area contributed by atoms with Crippen LogP contribution in [0.2, 0.25) is 0 Å². The van der Waals surface area contributed by atoms with Gasteiger partial charge in [-0.3, -0.25) is 0 Å². The van der Waals surface area contributed by atoms with Gasteiger partial charge in [-0.2, -0.15) is 0 Å². The number of rotatable bonds is 8. The smallest absolute Gasteiger partial charge is 0.158 e. The molecule has 2 aliphatic heterocycles. The van der Waals surface area contributed by atoms with E-state index < -0.39 is 0 Å². The molecule has 0 aliphatic carbocycles. The third-order valence-corrected chi connectivity index (χ3v) is 4.93. The third kappa shape index (κ3) is 6.54. The van der Waals surface area contributed by atoms with Crippen LogP contribution in [0.1, 0.15) is 58.8 Å². The zero-order chi connectivity index (χ0) is 16.5. The Labute approximate surface area is 141 Å². The first kappa shape index (κ1) is 18.9. The summed E-state index contributed by atoms with van der Waals surface area (Å²) in [7, 11) is 0. The van der Waals surface area contributed by atoms with E-state index in [1.807, 2.05) is 0 Å². The highest BCUT2D eigenvalue weighted by Gasteiger charge is 2.25. The fourth-order valence-corrected chi connectivity index (χ4v) is 3.24. The molecule has 0 radical (unpaired) electrons. The van der Waals surface area contributed by atoms with Crippen molar-refractivity contribution in [2.45, 2.75) is 77.3 Å². The van der Waals surface area contributed by atoms with Gasteiger partial charge in [0.25, 0.3) is 0 Å². The number of ether oxygens (including phenoxy) is 3. The van der Waals surface area contributed by atoms with Crippen molar-refractivity contribution in [3.8, 4) is 0 Å². The Morgan fingerprint density at radius 2 is 2.13 bits per heavy atom. The summed E-state index contributed by atoms with van der Waals surface area (Å²) in [6, 6.07) is 0. The van der Waals surface area contributed by atoms with E-state index >= 15 is 0 Å². The lowest BCUT2D eigenvalue weighted by molar-refractivity contribution is -0.187. The van der Waals surface area contributed by atoms with Crippen LogP contribution < -0.4 is 0 Å². The molecule has 4 heteroatoms. The maximum absolute atomic E-state index is 10.1. The second-order valence-corrected chi connectivity index (χ2v) is 7.00. The van der Waals surface area contributed by atoms with Crippen molar-refractivity contribution in [2.75, 3.05) is 19.8 Å². The Morgan fingerprint density at radius 1 is 1.26 bits per heavy atom. The van der Waals surface area contributed by atoms with Crippen LogP contribution in [-0.4, -0.2) is 43.4 Å². The fourth-order valence-electron chi connectivity index (χ4n) is 3.24. The molecule has 0 bridgehead atoms. The van der Waals surface area contributed by atoms with Crippen molar-refractivity contribution < 1.29 is 19.3 Å². The van der Waals surface area contributed by atoms with Crippen LogP contribution in [0.15, 0.2) is 12.2 Å². The molecular formula is C19H34O4. The lowest BCUT2D eigenvalue weighted by Crippen LogP contribution is -2.32. The molecule has 0 saturated carbocycles. The maximum Gasteiger partial charge on any atom is 0.158 e. The molecule has 4 nitrogen and oxygen atoms in total. The Kier molecular flexibility index (Phi) is 8.59. The highest BCUT2D eigenvalue weighted by Crippen LogP contribution is 2.24. The van der Waals surface area contributed by atoms with E-state index in [-0.39, 0.29) is 24.4 Å². The molecule has 2 rings (SSSR count). The zero-order valence-electron chi connectivity index (χ0n) is 14.8. The van der Waals surface area contributed by atoms with Crippen LogP contribution >= 0.6 is 0 Å². The normalized spacial score (nSPS) is 32.0. The molecule has 134 valence electrons. The van der Waals surface area contributed by atoms with E-state index in [2.05, 4.69) is 26.0 Å². The number of unbranched alkanes of at least 4 members (excludes halogenated alkanes) is 1. The molecular weight excluding hydrogens is 292 g/mol. The molecule has 5 atom stereocenters. The highest BCUT2D eigenvalue weighted by atomic mass is 16.7. The molecule has 23 heavy (non-hydrogen) atoms. The average molecular weight is 326 g/mol. The van der Waals surface area contributed by atoms with Crippen LogP contribution in [0.5, 0.6) is 0 Å². The van der Waals surface area contributed by atoms with Crippen molar-refractivity contribution in [2.24, 2.45) is 11.8 Å². The predicted molar refractivity (Wildman–Crippen MR) is 91.2 cm³/mol. The summed E-state index contributed by atoms with van der Waals surface area (Å²) in [4.78, 5) is 0. The van der Waals surface area contributed by atoms with Gasteiger partial charge in [0.05, 0.1) is 18.8 Å². The van der Waals surface area contributed by atoms with Crippen LogP contribution in [0.3, 0.4) is 0 Å². The molecule has 2 heterocycles. The van der Waals surface area contributed by atoms with E-state index in [1.54, 1.807) is 0 Å². The molecule has 0 aromatic heterocycles. The lowest BCUT2D eigenvalue weighted by Gasteiger charge is -2.30. The minimum atomic E-state index is -0.294. The minimum Gasteiger partial charge on any atom is -0.392 e. The molecule has 0 amide bonds. The Hall–Kier alpha value is -0.420. The van der Waals surface area contributed by atoms with E-state index in [0.717, 1.165) is 32.3 Å². The average Bonchev–Trinajstić information content (AvgIpc) is 2.58. The Balaban J connectivity index is 1.93. The molecule has 2 saturated heterocycles. The van der Waals surface area contributed by atoms with Crippen LogP contribution in [0, 0.1) is 11.8 Å². The zero-order valence-corrected chi connectivity index (χ0v) is 14.8. The van der Waals surface area contributed by atoms with Crippen LogP contribution in [0.4, 0.5) is 0 Å². The maximum atomic E-state index is 10.1. The van der Waals surface area contributed by atoms with Gasteiger partial charge in [0.2, 0.25) is 0 Å². The molecule has 0 spiro atoms. The van der Waals surface area contributed by atoms with Gasteiger partial charge in [-0.15, -0.1) is 0 Å². The third-order valence-electron chi connectivity index (χ3n) is 4.93. The number of hydrogen-bond acceptors (Lipinski definition) is 4. The lowest BCUT2D eigenvalue weighted by atomic mass is 9.93. The van der Waals surface area contributed by atoms with Crippen LogP contribution in [0.25, 0.3) is 0 Å². The SMILES string of the molecule is CCCCC(C)[C@@H](C=C[C@@H]1COCC[C@H]1O)OC1CCCCO1. The van der Waals surface area contributed by atoms with Gasteiger partial charge in [-0.05, 0) is 38.0 Å². The van der Waals surface area contributed by atoms with E-state index in [9.17, 15) is 5.11 Å². The molecule has 2 fully saturated rings. The molecule has 2 unspecified atom stereocenters. The number of hydrogen-bond donors (Lipinski definition) is 1. The van der Waals surface area contributed by atoms with Gasteiger partial charge in [-0.25, -0.2) is 0 Å². The van der Waals surface area contributed by atoms with Gasteiger partial charge >= 0.3 is 0 Å². The quantitative estimate of drug-likeness (QED) is 0.691. The summed E-state index contributed by atoms with van der Waals surface area (Å²) in [5, 5.41) is 10.1. The van der Waals surface area contributed by atoms with Gasteiger partial charge in [0.1, 0.15) is 0 Å². The summed E-state index contributed by atoms with van der Waals surface area (Å²) in [6.45, 7) is 6.54. The second-order valence-electron chi connectivity index (χ2n) is 7.00.